The summed E-state index contributed by atoms with van der Waals surface area (Å²) >= 11 is 6.11. The number of amides is 1. The van der Waals surface area contributed by atoms with Crippen molar-refractivity contribution >= 4 is 34.9 Å². The molecule has 156 valence electrons. The van der Waals surface area contributed by atoms with E-state index in [9.17, 15) is 4.79 Å². The number of hydrogen-bond donors (Lipinski definition) is 2. The highest BCUT2D eigenvalue weighted by atomic mass is 35.5. The van der Waals surface area contributed by atoms with E-state index in [1.165, 1.54) is 0 Å². The lowest BCUT2D eigenvalue weighted by Gasteiger charge is -2.25. The van der Waals surface area contributed by atoms with Crippen LogP contribution in [0.5, 0.6) is 0 Å². The quantitative estimate of drug-likeness (QED) is 0.655. The largest absolute Gasteiger partial charge is 0.467 e. The number of benzene rings is 1. The van der Waals surface area contributed by atoms with Gasteiger partial charge in [0.15, 0.2) is 0 Å². The number of hydrazone groups is 1. The van der Waals surface area contributed by atoms with Gasteiger partial charge in [0, 0.05) is 19.3 Å². The van der Waals surface area contributed by atoms with Crippen LogP contribution >= 0.6 is 11.6 Å². The number of anilines is 1. The molecule has 0 bridgehead atoms. The van der Waals surface area contributed by atoms with E-state index in [4.69, 9.17) is 16.3 Å². The predicted octanol–water partition coefficient (Wildman–Crippen LogP) is 2.81. The van der Waals surface area contributed by atoms with Crippen LogP contribution in [0.4, 0.5) is 5.69 Å². The number of hydrogen-bond acceptors (Lipinski definition) is 6. The maximum absolute atomic E-state index is 12.9. The normalized spacial score (nSPS) is 13.7. The summed E-state index contributed by atoms with van der Waals surface area (Å²) in [6.07, 6.45) is 2.38. The Bertz CT molecular complexity index is 1090. The summed E-state index contributed by atoms with van der Waals surface area (Å²) in [5.41, 5.74) is 3.93. The maximum atomic E-state index is 12.9. The Hall–Kier alpha value is -3.26. The number of aromatic nitrogens is 2. The number of halogens is 1. The minimum Gasteiger partial charge on any atom is -0.467 e. The van der Waals surface area contributed by atoms with Crippen LogP contribution in [0.25, 0.3) is 5.65 Å². The average Bonchev–Trinajstić information content (AvgIpc) is 3.15. The molecule has 3 heterocycles. The van der Waals surface area contributed by atoms with Gasteiger partial charge >= 0.3 is 6.02 Å². The minimum atomic E-state index is -0.179. The minimum absolute atomic E-state index is 0.179. The van der Waals surface area contributed by atoms with E-state index in [0.29, 0.717) is 35.4 Å². The lowest BCUT2D eigenvalue weighted by molar-refractivity contribution is 0.0944. The number of nitrogens with zero attached hydrogens (tertiary/aromatic N) is 4. The molecule has 0 radical (unpaired) electrons. The van der Waals surface area contributed by atoms with E-state index in [1.807, 2.05) is 42.3 Å². The lowest BCUT2D eigenvalue weighted by Crippen LogP contribution is -2.40. The molecule has 0 saturated heterocycles. The van der Waals surface area contributed by atoms with Gasteiger partial charge in [-0.25, -0.2) is 4.98 Å². The molecule has 2 aromatic heterocycles. The van der Waals surface area contributed by atoms with Crippen LogP contribution in [0.15, 0.2) is 47.7 Å². The van der Waals surface area contributed by atoms with Gasteiger partial charge in [-0.3, -0.25) is 14.2 Å². The number of imidazole rings is 1. The highest BCUT2D eigenvalue weighted by Gasteiger charge is 2.18. The van der Waals surface area contributed by atoms with Crippen LogP contribution in [-0.4, -0.2) is 41.5 Å². The Morgan fingerprint density at radius 2 is 2.07 bits per heavy atom. The highest BCUT2D eigenvalue weighted by Crippen LogP contribution is 2.19. The predicted molar refractivity (Wildman–Crippen MR) is 117 cm³/mol. The molecule has 9 heteroatoms. The first-order valence-corrected chi connectivity index (χ1v) is 10.1. The first-order chi connectivity index (χ1) is 14.6. The van der Waals surface area contributed by atoms with Gasteiger partial charge in [-0.2, -0.15) is 0 Å². The molecule has 2 N–H and O–H groups in total. The Morgan fingerprint density at radius 1 is 1.27 bits per heavy atom. The molecule has 8 nitrogen and oxygen atoms in total. The molecule has 1 aliphatic rings. The fourth-order valence-corrected chi connectivity index (χ4v) is 3.53. The molecule has 3 aromatic rings. The standard InChI is InChI=1S/C21H23ClN6O2/c1-3-17-19(27-13-15(22)6-9-18(27)25-17)20(29)24-12-14-4-7-16(8-5-14)28-11-10-23-21(26-28)30-2/h4-9,13H,3,10-12H2,1-2H3,(H,23,26)(H,24,29). The van der Waals surface area contributed by atoms with Crippen molar-refractivity contribution in [2.24, 2.45) is 5.10 Å². The number of methoxy groups -OCH3 is 1. The monoisotopic (exact) mass is 426 g/mol. The number of pyridine rings is 1. The van der Waals surface area contributed by atoms with Crippen molar-refractivity contribution in [3.63, 3.8) is 0 Å². The molecule has 1 amide bonds. The zero-order valence-electron chi connectivity index (χ0n) is 16.9. The lowest BCUT2D eigenvalue weighted by atomic mass is 10.2. The van der Waals surface area contributed by atoms with E-state index in [2.05, 4.69) is 20.7 Å². The van der Waals surface area contributed by atoms with Crippen molar-refractivity contribution in [1.82, 2.24) is 20.0 Å². The van der Waals surface area contributed by atoms with Crippen LogP contribution in [-0.2, 0) is 17.7 Å². The number of aryl methyl sites for hydroxylation is 1. The van der Waals surface area contributed by atoms with Crippen LogP contribution < -0.4 is 15.6 Å². The van der Waals surface area contributed by atoms with Gasteiger partial charge in [0.05, 0.1) is 30.1 Å². The van der Waals surface area contributed by atoms with Gasteiger partial charge in [0.1, 0.15) is 11.3 Å². The van der Waals surface area contributed by atoms with Crippen molar-refractivity contribution in [3.8, 4) is 0 Å². The molecule has 0 spiro atoms. The Kier molecular flexibility index (Phi) is 5.76. The molecule has 0 atom stereocenters. The third-order valence-electron chi connectivity index (χ3n) is 4.90. The molecule has 1 aromatic carbocycles. The van der Waals surface area contributed by atoms with Crippen molar-refractivity contribution < 1.29 is 9.53 Å². The topological polar surface area (TPSA) is 83.3 Å². The zero-order valence-corrected chi connectivity index (χ0v) is 17.6. The number of amidine groups is 1. The summed E-state index contributed by atoms with van der Waals surface area (Å²) in [5.74, 6) is -0.179. The smallest absolute Gasteiger partial charge is 0.306 e. The summed E-state index contributed by atoms with van der Waals surface area (Å²) < 4.78 is 6.90. The van der Waals surface area contributed by atoms with E-state index in [1.54, 1.807) is 23.8 Å². The van der Waals surface area contributed by atoms with Crippen molar-refractivity contribution in [3.05, 3.63) is 64.6 Å². The molecular weight excluding hydrogens is 404 g/mol. The number of ether oxygens (including phenoxy) is 1. The maximum Gasteiger partial charge on any atom is 0.306 e. The van der Waals surface area contributed by atoms with Gasteiger partial charge in [-0.1, -0.05) is 30.7 Å². The Balaban J connectivity index is 1.47. The number of nitrogens with one attached hydrogen (secondary N) is 2. The van der Waals surface area contributed by atoms with E-state index >= 15 is 0 Å². The summed E-state index contributed by atoms with van der Waals surface area (Å²) in [5, 5.41) is 12.9. The summed E-state index contributed by atoms with van der Waals surface area (Å²) in [6, 6.07) is 12.0. The van der Waals surface area contributed by atoms with Crippen molar-refractivity contribution in [1.29, 1.82) is 0 Å². The summed E-state index contributed by atoms with van der Waals surface area (Å²) in [7, 11) is 1.59. The fraction of sp³-hybridized carbons (Fsp3) is 0.286. The average molecular weight is 427 g/mol. The zero-order chi connectivity index (χ0) is 21.1. The van der Waals surface area contributed by atoms with Gasteiger partial charge in [0.2, 0.25) is 0 Å². The summed E-state index contributed by atoms with van der Waals surface area (Å²) in [4.78, 5) is 17.4. The summed E-state index contributed by atoms with van der Waals surface area (Å²) in [6.45, 7) is 3.89. The van der Waals surface area contributed by atoms with Gasteiger partial charge in [0.25, 0.3) is 5.91 Å². The van der Waals surface area contributed by atoms with Crippen LogP contribution in [0.2, 0.25) is 5.02 Å². The van der Waals surface area contributed by atoms with Gasteiger partial charge in [-0.15, -0.1) is 5.10 Å². The molecule has 0 saturated carbocycles. The van der Waals surface area contributed by atoms with Gasteiger partial charge in [-0.05, 0) is 36.2 Å². The van der Waals surface area contributed by atoms with E-state index < -0.39 is 0 Å². The van der Waals surface area contributed by atoms with Crippen molar-refractivity contribution in [2.45, 2.75) is 19.9 Å². The van der Waals surface area contributed by atoms with E-state index in [0.717, 1.165) is 30.0 Å². The third-order valence-corrected chi connectivity index (χ3v) is 5.12. The number of fused-ring (bicyclic) bond motifs is 1. The number of carbonyl (C=O) groups excluding carboxylic acids is 1. The third kappa shape index (κ3) is 4.04. The Labute approximate surface area is 179 Å². The SMILES string of the molecule is CCc1nc2ccc(Cl)cn2c1C(=O)NCc1ccc(N2CCNC(OC)=N2)cc1. The highest BCUT2D eigenvalue weighted by molar-refractivity contribution is 6.30. The van der Waals surface area contributed by atoms with Crippen molar-refractivity contribution in [2.75, 3.05) is 25.2 Å². The molecule has 1 aliphatic heterocycles. The molecule has 0 aliphatic carbocycles. The second kappa shape index (κ2) is 8.62. The number of rotatable bonds is 5. The fourth-order valence-electron chi connectivity index (χ4n) is 3.37. The van der Waals surface area contributed by atoms with Crippen LogP contribution in [0, 0.1) is 0 Å². The van der Waals surface area contributed by atoms with Crippen LogP contribution in [0.3, 0.4) is 0 Å². The molecule has 0 unspecified atom stereocenters. The van der Waals surface area contributed by atoms with Gasteiger partial charge < -0.3 is 15.4 Å². The molecule has 4 rings (SSSR count). The second-order valence-electron chi connectivity index (χ2n) is 6.84. The molecular formula is C21H23ClN6O2. The first-order valence-electron chi connectivity index (χ1n) is 9.76. The second-order valence-corrected chi connectivity index (χ2v) is 7.28. The molecule has 0 fully saturated rings. The van der Waals surface area contributed by atoms with Crippen LogP contribution in [0.1, 0.15) is 28.7 Å². The first kappa shape index (κ1) is 20.0. The van der Waals surface area contributed by atoms with E-state index in [-0.39, 0.29) is 5.91 Å². The number of carbonyl (C=O) groups is 1. The Morgan fingerprint density at radius 3 is 2.80 bits per heavy atom. The molecule has 30 heavy (non-hydrogen) atoms.